The number of aryl methyl sites for hydroxylation is 1. The smallest absolute Gasteiger partial charge is 0.147 e. The lowest BCUT2D eigenvalue weighted by Gasteiger charge is -2.21. The molecule has 0 aliphatic carbocycles. The lowest BCUT2D eigenvalue weighted by molar-refractivity contribution is 0.471. The standard InChI is InChI=1S/C21H17ClN4O/c1-13-6-4-9-18(25-13)26-19(17-8-2-3-10-23-17)15-12-16(22)14-7-5-11-24-20(14)21(15)27/h2-12,19,27H,1H3,(H,25,26). The molecule has 0 bridgehead atoms. The highest BCUT2D eigenvalue weighted by molar-refractivity contribution is 6.35. The first-order valence-electron chi connectivity index (χ1n) is 8.50. The van der Waals surface area contributed by atoms with Crippen LogP contribution in [0, 0.1) is 6.92 Å². The predicted octanol–water partition coefficient (Wildman–Crippen LogP) is 4.89. The molecule has 4 rings (SSSR count). The van der Waals surface area contributed by atoms with Gasteiger partial charge in [-0.25, -0.2) is 4.98 Å². The van der Waals surface area contributed by atoms with Crippen LogP contribution in [0.25, 0.3) is 10.9 Å². The van der Waals surface area contributed by atoms with Gasteiger partial charge in [-0.3, -0.25) is 9.97 Å². The summed E-state index contributed by atoms with van der Waals surface area (Å²) >= 11 is 6.48. The minimum Gasteiger partial charge on any atom is -0.505 e. The Morgan fingerprint density at radius 3 is 2.63 bits per heavy atom. The number of halogens is 1. The number of phenols is 1. The molecule has 3 aromatic heterocycles. The minimum absolute atomic E-state index is 0.0748. The first-order valence-corrected chi connectivity index (χ1v) is 8.88. The van der Waals surface area contributed by atoms with Gasteiger partial charge < -0.3 is 10.4 Å². The Balaban J connectivity index is 1.89. The Labute approximate surface area is 161 Å². The summed E-state index contributed by atoms with van der Waals surface area (Å²) in [4.78, 5) is 13.3. The maximum atomic E-state index is 10.9. The van der Waals surface area contributed by atoms with E-state index in [9.17, 15) is 5.11 Å². The van der Waals surface area contributed by atoms with Gasteiger partial charge in [-0.15, -0.1) is 0 Å². The molecule has 1 atom stereocenters. The Hall–Kier alpha value is -3.18. The first-order chi connectivity index (χ1) is 13.1. The summed E-state index contributed by atoms with van der Waals surface area (Å²) in [5.41, 5.74) is 2.68. The summed E-state index contributed by atoms with van der Waals surface area (Å²) in [6, 6.07) is 16.3. The number of hydrogen-bond acceptors (Lipinski definition) is 5. The van der Waals surface area contributed by atoms with Crippen LogP contribution in [0.1, 0.15) is 23.0 Å². The van der Waals surface area contributed by atoms with Gasteiger partial charge in [0.25, 0.3) is 0 Å². The van der Waals surface area contributed by atoms with E-state index in [2.05, 4.69) is 20.3 Å². The van der Waals surface area contributed by atoms with E-state index in [4.69, 9.17) is 11.6 Å². The highest BCUT2D eigenvalue weighted by Gasteiger charge is 2.23. The molecule has 0 saturated carbocycles. The first kappa shape index (κ1) is 17.2. The molecule has 0 aliphatic heterocycles. The van der Waals surface area contributed by atoms with Gasteiger partial charge in [0.2, 0.25) is 0 Å². The monoisotopic (exact) mass is 376 g/mol. The van der Waals surface area contributed by atoms with Gasteiger partial charge in [-0.2, -0.15) is 0 Å². The molecule has 27 heavy (non-hydrogen) atoms. The second-order valence-corrected chi connectivity index (χ2v) is 6.60. The molecule has 0 spiro atoms. The zero-order valence-corrected chi connectivity index (χ0v) is 15.4. The van der Waals surface area contributed by atoms with Crippen molar-refractivity contribution in [3.8, 4) is 5.75 Å². The third kappa shape index (κ3) is 3.41. The molecule has 5 nitrogen and oxygen atoms in total. The number of pyridine rings is 3. The Kier molecular flexibility index (Phi) is 4.60. The maximum Gasteiger partial charge on any atom is 0.147 e. The van der Waals surface area contributed by atoms with E-state index in [-0.39, 0.29) is 5.75 Å². The molecule has 0 aliphatic rings. The number of anilines is 1. The maximum absolute atomic E-state index is 10.9. The lowest BCUT2D eigenvalue weighted by Crippen LogP contribution is -2.15. The van der Waals surface area contributed by atoms with Crippen molar-refractivity contribution >= 4 is 28.3 Å². The van der Waals surface area contributed by atoms with Crippen LogP contribution in [0.5, 0.6) is 5.75 Å². The SMILES string of the molecule is Cc1cccc(NC(c2ccccn2)c2cc(Cl)c3cccnc3c2O)n1. The number of phenolic OH excluding ortho intramolecular Hbond substituents is 1. The van der Waals surface area contributed by atoms with Gasteiger partial charge in [-0.1, -0.05) is 23.7 Å². The molecular weight excluding hydrogens is 360 g/mol. The molecule has 0 amide bonds. The van der Waals surface area contributed by atoms with Crippen molar-refractivity contribution in [3.05, 3.63) is 89.0 Å². The van der Waals surface area contributed by atoms with Crippen molar-refractivity contribution in [3.63, 3.8) is 0 Å². The number of nitrogens with zero attached hydrogens (tertiary/aromatic N) is 3. The van der Waals surface area contributed by atoms with Crippen molar-refractivity contribution < 1.29 is 5.11 Å². The van der Waals surface area contributed by atoms with Crippen LogP contribution >= 0.6 is 11.6 Å². The number of fused-ring (bicyclic) bond motifs is 1. The summed E-state index contributed by atoms with van der Waals surface area (Å²) in [5.74, 6) is 0.757. The lowest BCUT2D eigenvalue weighted by atomic mass is 9.99. The van der Waals surface area contributed by atoms with E-state index in [1.54, 1.807) is 24.5 Å². The quantitative estimate of drug-likeness (QED) is 0.530. The van der Waals surface area contributed by atoms with Crippen LogP contribution in [0.15, 0.2) is 67.0 Å². The van der Waals surface area contributed by atoms with Crippen LogP contribution < -0.4 is 5.32 Å². The van der Waals surface area contributed by atoms with Crippen molar-refractivity contribution in [1.29, 1.82) is 0 Å². The van der Waals surface area contributed by atoms with Gasteiger partial charge in [0.15, 0.2) is 0 Å². The van der Waals surface area contributed by atoms with Crippen molar-refractivity contribution in [2.45, 2.75) is 13.0 Å². The van der Waals surface area contributed by atoms with Gasteiger partial charge in [-0.05, 0) is 49.4 Å². The summed E-state index contributed by atoms with van der Waals surface area (Å²) < 4.78 is 0. The molecule has 0 saturated heterocycles. The van der Waals surface area contributed by atoms with Crippen molar-refractivity contribution in [2.24, 2.45) is 0 Å². The third-order valence-electron chi connectivity index (χ3n) is 4.32. The fourth-order valence-electron chi connectivity index (χ4n) is 3.06. The molecule has 0 fully saturated rings. The van der Waals surface area contributed by atoms with E-state index in [1.807, 2.05) is 49.4 Å². The normalized spacial score (nSPS) is 12.1. The van der Waals surface area contributed by atoms with Crippen LogP contribution in [-0.4, -0.2) is 20.1 Å². The molecule has 1 unspecified atom stereocenters. The Morgan fingerprint density at radius 1 is 1.00 bits per heavy atom. The topological polar surface area (TPSA) is 70.9 Å². The van der Waals surface area contributed by atoms with Gasteiger partial charge in [0, 0.05) is 29.0 Å². The average molecular weight is 377 g/mol. The number of benzene rings is 1. The van der Waals surface area contributed by atoms with E-state index < -0.39 is 6.04 Å². The summed E-state index contributed by atoms with van der Waals surface area (Å²) in [7, 11) is 0. The highest BCUT2D eigenvalue weighted by Crippen LogP contribution is 2.39. The highest BCUT2D eigenvalue weighted by atomic mass is 35.5. The van der Waals surface area contributed by atoms with E-state index in [0.29, 0.717) is 27.3 Å². The van der Waals surface area contributed by atoms with Crippen LogP contribution in [0.3, 0.4) is 0 Å². The number of hydrogen-bond donors (Lipinski definition) is 2. The number of aromatic hydroxyl groups is 1. The molecule has 0 radical (unpaired) electrons. The fourth-order valence-corrected chi connectivity index (χ4v) is 3.33. The number of rotatable bonds is 4. The minimum atomic E-state index is -0.440. The van der Waals surface area contributed by atoms with Crippen LogP contribution in [0.2, 0.25) is 5.02 Å². The molecule has 134 valence electrons. The van der Waals surface area contributed by atoms with Crippen LogP contribution in [0.4, 0.5) is 5.82 Å². The van der Waals surface area contributed by atoms with Crippen molar-refractivity contribution in [2.75, 3.05) is 5.32 Å². The fraction of sp³-hybridized carbons (Fsp3) is 0.0952. The van der Waals surface area contributed by atoms with Crippen molar-refractivity contribution in [1.82, 2.24) is 15.0 Å². The van der Waals surface area contributed by atoms with E-state index in [0.717, 1.165) is 11.4 Å². The summed E-state index contributed by atoms with van der Waals surface area (Å²) in [6.07, 6.45) is 3.35. The molecule has 2 N–H and O–H groups in total. The Morgan fingerprint density at radius 2 is 1.85 bits per heavy atom. The zero-order valence-electron chi connectivity index (χ0n) is 14.6. The van der Waals surface area contributed by atoms with Gasteiger partial charge in [0.1, 0.15) is 17.1 Å². The van der Waals surface area contributed by atoms with Gasteiger partial charge >= 0.3 is 0 Å². The summed E-state index contributed by atoms with van der Waals surface area (Å²) in [5, 5.41) is 15.5. The zero-order chi connectivity index (χ0) is 18.8. The van der Waals surface area contributed by atoms with E-state index >= 15 is 0 Å². The number of nitrogens with one attached hydrogen (secondary N) is 1. The predicted molar refractivity (Wildman–Crippen MR) is 107 cm³/mol. The molecule has 4 aromatic rings. The molecule has 6 heteroatoms. The molecular formula is C21H17ClN4O. The second-order valence-electron chi connectivity index (χ2n) is 6.19. The average Bonchev–Trinajstić information content (AvgIpc) is 2.70. The Bertz CT molecular complexity index is 1100. The van der Waals surface area contributed by atoms with Gasteiger partial charge in [0.05, 0.1) is 16.8 Å². The summed E-state index contributed by atoms with van der Waals surface area (Å²) in [6.45, 7) is 1.93. The second kappa shape index (κ2) is 7.21. The third-order valence-corrected chi connectivity index (χ3v) is 4.63. The molecule has 3 heterocycles. The van der Waals surface area contributed by atoms with Crippen LogP contribution in [-0.2, 0) is 0 Å². The molecule has 1 aromatic carbocycles. The largest absolute Gasteiger partial charge is 0.505 e. The number of aromatic nitrogens is 3. The van der Waals surface area contributed by atoms with E-state index in [1.165, 1.54) is 0 Å².